The summed E-state index contributed by atoms with van der Waals surface area (Å²) < 4.78 is 0. The Balaban J connectivity index is 2.16. The van der Waals surface area contributed by atoms with Gasteiger partial charge < -0.3 is 10.8 Å². The SMILES string of the molecule is [N-]=[N+]=C1C=CC=CC1Nc1ccccc1. The van der Waals surface area contributed by atoms with Crippen molar-refractivity contribution in [1.82, 2.24) is 0 Å². The molecule has 0 bridgehead atoms. The molecule has 0 spiro atoms. The number of nitrogens with one attached hydrogen (secondary N) is 1. The molecule has 0 aromatic heterocycles. The third-order valence-electron chi connectivity index (χ3n) is 2.21. The van der Waals surface area contributed by atoms with Crippen LogP contribution in [0.1, 0.15) is 0 Å². The number of para-hydroxylation sites is 1. The first-order valence-electron chi connectivity index (χ1n) is 4.78. The van der Waals surface area contributed by atoms with Crippen molar-refractivity contribution >= 4 is 11.4 Å². The zero-order valence-electron chi connectivity index (χ0n) is 8.17. The Hall–Kier alpha value is -2.12. The molecule has 1 N–H and O–H groups in total. The first kappa shape index (κ1) is 9.44. The molecule has 15 heavy (non-hydrogen) atoms. The Morgan fingerprint density at radius 1 is 1.13 bits per heavy atom. The zero-order valence-corrected chi connectivity index (χ0v) is 8.17. The average molecular weight is 197 g/mol. The molecule has 0 saturated heterocycles. The summed E-state index contributed by atoms with van der Waals surface area (Å²) >= 11 is 0. The van der Waals surface area contributed by atoms with Crippen molar-refractivity contribution in [3.05, 3.63) is 60.2 Å². The molecular weight excluding hydrogens is 186 g/mol. The van der Waals surface area contributed by atoms with Crippen LogP contribution in [0.15, 0.2) is 54.6 Å². The van der Waals surface area contributed by atoms with Gasteiger partial charge in [-0.3, -0.25) is 0 Å². The van der Waals surface area contributed by atoms with Gasteiger partial charge in [0.1, 0.15) is 6.04 Å². The fraction of sp³-hybridized carbons (Fsp3) is 0.0833. The van der Waals surface area contributed by atoms with Gasteiger partial charge in [-0.05, 0) is 12.1 Å². The maximum atomic E-state index is 8.80. The van der Waals surface area contributed by atoms with E-state index in [-0.39, 0.29) is 6.04 Å². The van der Waals surface area contributed by atoms with Crippen molar-refractivity contribution in [2.75, 3.05) is 5.32 Å². The largest absolute Gasteiger partial charge is 0.369 e. The molecule has 1 aromatic carbocycles. The van der Waals surface area contributed by atoms with Crippen molar-refractivity contribution in [2.45, 2.75) is 6.04 Å². The van der Waals surface area contributed by atoms with Gasteiger partial charge in [0.25, 0.3) is 0 Å². The van der Waals surface area contributed by atoms with Crippen molar-refractivity contribution in [2.24, 2.45) is 0 Å². The van der Waals surface area contributed by atoms with Gasteiger partial charge in [-0.25, -0.2) is 0 Å². The van der Waals surface area contributed by atoms with Crippen molar-refractivity contribution in [3.63, 3.8) is 0 Å². The summed E-state index contributed by atoms with van der Waals surface area (Å²) in [5.74, 6) is 0. The zero-order chi connectivity index (χ0) is 10.5. The van der Waals surface area contributed by atoms with E-state index in [0.29, 0.717) is 5.71 Å². The molecule has 1 aliphatic carbocycles. The van der Waals surface area contributed by atoms with E-state index in [9.17, 15) is 0 Å². The Kier molecular flexibility index (Phi) is 2.77. The molecule has 0 amide bonds. The molecule has 0 fully saturated rings. The smallest absolute Gasteiger partial charge is 0.317 e. The molecular formula is C12H11N3. The van der Waals surface area contributed by atoms with Crippen molar-refractivity contribution < 1.29 is 4.79 Å². The minimum atomic E-state index is -0.0672. The van der Waals surface area contributed by atoms with Crippen molar-refractivity contribution in [1.29, 1.82) is 0 Å². The van der Waals surface area contributed by atoms with E-state index in [1.807, 2.05) is 48.6 Å². The minimum absolute atomic E-state index is 0.0672. The molecule has 3 heteroatoms. The van der Waals surface area contributed by atoms with Gasteiger partial charge in [0.15, 0.2) is 0 Å². The number of benzene rings is 1. The van der Waals surface area contributed by atoms with Crippen LogP contribution < -0.4 is 5.32 Å². The highest BCUT2D eigenvalue weighted by Crippen LogP contribution is 2.10. The second-order valence-corrected chi connectivity index (χ2v) is 3.26. The molecule has 74 valence electrons. The summed E-state index contributed by atoms with van der Waals surface area (Å²) in [4.78, 5) is 3.24. The highest BCUT2D eigenvalue weighted by atomic mass is 15.0. The molecule has 0 saturated carbocycles. The third kappa shape index (κ3) is 2.22. The molecule has 2 rings (SSSR count). The van der Waals surface area contributed by atoms with E-state index >= 15 is 0 Å². The van der Waals surface area contributed by atoms with Crippen LogP contribution in [0.25, 0.3) is 5.53 Å². The summed E-state index contributed by atoms with van der Waals surface area (Å²) in [7, 11) is 0. The van der Waals surface area contributed by atoms with Crippen LogP contribution in [0.5, 0.6) is 0 Å². The van der Waals surface area contributed by atoms with E-state index in [0.717, 1.165) is 5.69 Å². The predicted octanol–water partition coefficient (Wildman–Crippen LogP) is 2.26. The lowest BCUT2D eigenvalue weighted by molar-refractivity contribution is -0.00617. The van der Waals surface area contributed by atoms with Crippen molar-refractivity contribution in [3.8, 4) is 0 Å². The highest BCUT2D eigenvalue weighted by Gasteiger charge is 2.19. The summed E-state index contributed by atoms with van der Waals surface area (Å²) in [6, 6.07) is 9.76. The third-order valence-corrected chi connectivity index (χ3v) is 2.21. The Morgan fingerprint density at radius 2 is 1.93 bits per heavy atom. The Bertz CT molecular complexity index is 439. The number of hydrogen-bond acceptors (Lipinski definition) is 1. The van der Waals surface area contributed by atoms with Crippen LogP contribution in [0.2, 0.25) is 0 Å². The van der Waals surface area contributed by atoms with Crippen LogP contribution in [-0.4, -0.2) is 16.5 Å². The molecule has 3 nitrogen and oxygen atoms in total. The highest BCUT2D eigenvalue weighted by molar-refractivity contribution is 5.99. The number of hydrogen-bond donors (Lipinski definition) is 1. The van der Waals surface area contributed by atoms with Gasteiger partial charge in [0.05, 0.1) is 0 Å². The van der Waals surface area contributed by atoms with Gasteiger partial charge in [0.2, 0.25) is 0 Å². The van der Waals surface area contributed by atoms with Gasteiger partial charge >= 0.3 is 5.71 Å². The summed E-state index contributed by atoms with van der Waals surface area (Å²) in [5.41, 5.74) is 10.4. The van der Waals surface area contributed by atoms with Crippen LogP contribution in [0, 0.1) is 0 Å². The standard InChI is InChI=1S/C12H11N3/c13-15-12-9-5-4-8-11(12)14-10-6-2-1-3-7-10/h1-9,11,14H. The lowest BCUT2D eigenvalue weighted by Crippen LogP contribution is -2.28. The fourth-order valence-electron chi connectivity index (χ4n) is 1.46. The van der Waals surface area contributed by atoms with E-state index in [4.69, 9.17) is 5.53 Å². The van der Waals surface area contributed by atoms with Gasteiger partial charge in [-0.1, -0.05) is 36.4 Å². The van der Waals surface area contributed by atoms with Crippen LogP contribution in [-0.2, 0) is 0 Å². The monoisotopic (exact) mass is 197 g/mol. The predicted molar refractivity (Wildman–Crippen MR) is 60.8 cm³/mol. The maximum Gasteiger partial charge on any atom is 0.317 e. The molecule has 1 unspecified atom stereocenters. The van der Waals surface area contributed by atoms with E-state index in [1.165, 1.54) is 0 Å². The first-order chi connectivity index (χ1) is 7.40. The maximum absolute atomic E-state index is 8.80. The topological polar surface area (TPSA) is 48.4 Å². The second kappa shape index (κ2) is 4.40. The fourth-order valence-corrected chi connectivity index (χ4v) is 1.46. The summed E-state index contributed by atoms with van der Waals surface area (Å²) in [6.07, 6.45) is 7.50. The normalized spacial score (nSPS) is 18.7. The molecule has 0 radical (unpaired) electrons. The van der Waals surface area contributed by atoms with E-state index < -0.39 is 0 Å². The van der Waals surface area contributed by atoms with Crippen LogP contribution in [0.3, 0.4) is 0 Å². The van der Waals surface area contributed by atoms with Crippen LogP contribution >= 0.6 is 0 Å². The molecule has 0 aliphatic heterocycles. The van der Waals surface area contributed by atoms with Gasteiger partial charge in [-0.2, -0.15) is 4.79 Å². The first-order valence-corrected chi connectivity index (χ1v) is 4.78. The second-order valence-electron chi connectivity index (χ2n) is 3.26. The lowest BCUT2D eigenvalue weighted by Gasteiger charge is -2.12. The Labute approximate surface area is 88.4 Å². The van der Waals surface area contributed by atoms with E-state index in [1.54, 1.807) is 6.08 Å². The van der Waals surface area contributed by atoms with Gasteiger partial charge in [0, 0.05) is 11.8 Å². The summed E-state index contributed by atoms with van der Waals surface area (Å²) in [5, 5.41) is 3.25. The van der Waals surface area contributed by atoms with E-state index in [2.05, 4.69) is 10.1 Å². The average Bonchev–Trinajstić information content (AvgIpc) is 2.31. The number of nitrogens with zero attached hydrogens (tertiary/aromatic N) is 2. The molecule has 0 heterocycles. The number of anilines is 1. The number of allylic oxidation sites excluding steroid dienone is 2. The number of rotatable bonds is 2. The van der Waals surface area contributed by atoms with Gasteiger partial charge in [-0.15, -0.1) is 0 Å². The quantitative estimate of drug-likeness (QED) is 0.573. The molecule has 1 aromatic rings. The molecule has 1 aliphatic rings. The Morgan fingerprint density at radius 3 is 2.67 bits per heavy atom. The molecule has 1 atom stereocenters. The summed E-state index contributed by atoms with van der Waals surface area (Å²) in [6.45, 7) is 0. The van der Waals surface area contributed by atoms with Crippen LogP contribution in [0.4, 0.5) is 5.69 Å². The minimum Gasteiger partial charge on any atom is -0.369 e. The lowest BCUT2D eigenvalue weighted by atomic mass is 10.1.